The number of fused-ring (bicyclic) bond motifs is 4. The van der Waals surface area contributed by atoms with E-state index in [1.54, 1.807) is 12.1 Å². The average Bonchev–Trinajstić information content (AvgIpc) is 3.04. The highest BCUT2D eigenvalue weighted by Gasteiger charge is 2.22. The van der Waals surface area contributed by atoms with Crippen LogP contribution in [0, 0.1) is 0 Å². The summed E-state index contributed by atoms with van der Waals surface area (Å²) in [6, 6.07) is 49.3. The number of hydrogen-bond acceptors (Lipinski definition) is 2. The highest BCUT2D eigenvalue weighted by Crippen LogP contribution is 2.50. The van der Waals surface area contributed by atoms with Crippen molar-refractivity contribution in [3.05, 3.63) is 146 Å². The standard InChI is InChI=1S/C40H26O2/c41-35-23-21-27-13-7-19-33(31-17-5-11-25-9-1-3-15-29(25)31)37(27)39(35)40-36(42)24-22-28-14-8-20-34(38(28)40)32-18-6-12-26-10-2-4-16-30(26)32/h1-24,41-42H. The first-order valence-corrected chi connectivity index (χ1v) is 14.1. The van der Waals surface area contributed by atoms with E-state index in [0.29, 0.717) is 11.1 Å². The quantitative estimate of drug-likeness (QED) is 0.235. The van der Waals surface area contributed by atoms with Crippen LogP contribution in [-0.4, -0.2) is 10.2 Å². The zero-order chi connectivity index (χ0) is 28.2. The minimum Gasteiger partial charge on any atom is -0.507 e. The number of benzene rings is 8. The Hall–Kier alpha value is -5.60. The molecule has 0 aliphatic carbocycles. The lowest BCUT2D eigenvalue weighted by Gasteiger charge is -2.19. The molecule has 8 rings (SSSR count). The molecule has 0 aromatic heterocycles. The zero-order valence-corrected chi connectivity index (χ0v) is 22.8. The summed E-state index contributed by atoms with van der Waals surface area (Å²) >= 11 is 0. The van der Waals surface area contributed by atoms with Crippen molar-refractivity contribution in [1.29, 1.82) is 0 Å². The maximum absolute atomic E-state index is 11.7. The lowest BCUT2D eigenvalue weighted by molar-refractivity contribution is 0.470. The van der Waals surface area contributed by atoms with Crippen LogP contribution in [-0.2, 0) is 0 Å². The van der Waals surface area contributed by atoms with Gasteiger partial charge in [-0.3, -0.25) is 0 Å². The largest absolute Gasteiger partial charge is 0.507 e. The Bertz CT molecular complexity index is 2150. The molecule has 2 N–H and O–H groups in total. The molecule has 0 bridgehead atoms. The molecule has 0 aliphatic heterocycles. The molecule has 0 fully saturated rings. The first kappa shape index (κ1) is 24.2. The third-order valence-electron chi connectivity index (χ3n) is 8.46. The molecule has 2 heteroatoms. The van der Waals surface area contributed by atoms with Crippen LogP contribution < -0.4 is 0 Å². The minimum atomic E-state index is 0.130. The summed E-state index contributed by atoms with van der Waals surface area (Å²) in [7, 11) is 0. The molecule has 0 saturated carbocycles. The van der Waals surface area contributed by atoms with Gasteiger partial charge in [0.2, 0.25) is 0 Å². The Morgan fingerprint density at radius 2 is 0.643 bits per heavy atom. The van der Waals surface area contributed by atoms with E-state index in [1.165, 1.54) is 0 Å². The predicted octanol–water partition coefficient (Wildman–Crippen LogP) is 10.7. The fourth-order valence-electron chi connectivity index (χ4n) is 6.61. The van der Waals surface area contributed by atoms with Crippen LogP contribution in [0.2, 0.25) is 0 Å². The lowest BCUT2D eigenvalue weighted by Crippen LogP contribution is -1.92. The van der Waals surface area contributed by atoms with Gasteiger partial charge in [-0.2, -0.15) is 0 Å². The molecule has 0 heterocycles. The van der Waals surface area contributed by atoms with E-state index in [-0.39, 0.29) is 11.5 Å². The van der Waals surface area contributed by atoms with E-state index in [9.17, 15) is 10.2 Å². The van der Waals surface area contributed by atoms with Gasteiger partial charge in [0, 0.05) is 21.9 Å². The molecule has 0 aliphatic rings. The highest BCUT2D eigenvalue weighted by molar-refractivity contribution is 6.19. The van der Waals surface area contributed by atoms with Crippen molar-refractivity contribution in [3.8, 4) is 44.9 Å². The smallest absolute Gasteiger partial charge is 0.124 e. The summed E-state index contributed by atoms with van der Waals surface area (Å²) < 4.78 is 0. The molecule has 0 radical (unpaired) electrons. The van der Waals surface area contributed by atoms with Crippen LogP contribution in [0.5, 0.6) is 11.5 Å². The van der Waals surface area contributed by atoms with Crippen molar-refractivity contribution in [1.82, 2.24) is 0 Å². The summed E-state index contributed by atoms with van der Waals surface area (Å²) in [5.74, 6) is 0.261. The molecule has 42 heavy (non-hydrogen) atoms. The van der Waals surface area contributed by atoms with Gasteiger partial charge in [0.25, 0.3) is 0 Å². The summed E-state index contributed by atoms with van der Waals surface area (Å²) in [6.07, 6.45) is 0. The highest BCUT2D eigenvalue weighted by atomic mass is 16.3. The van der Waals surface area contributed by atoms with Gasteiger partial charge in [0.1, 0.15) is 11.5 Å². The Balaban J connectivity index is 1.53. The summed E-state index contributed by atoms with van der Waals surface area (Å²) in [6.45, 7) is 0. The average molecular weight is 539 g/mol. The van der Waals surface area contributed by atoms with Gasteiger partial charge in [-0.05, 0) is 66.7 Å². The number of rotatable bonds is 3. The molecule has 0 amide bonds. The van der Waals surface area contributed by atoms with Crippen molar-refractivity contribution in [3.63, 3.8) is 0 Å². The Morgan fingerprint density at radius 1 is 0.286 bits per heavy atom. The molecule has 0 unspecified atom stereocenters. The number of aromatic hydroxyl groups is 2. The predicted molar refractivity (Wildman–Crippen MR) is 176 cm³/mol. The molecule has 8 aromatic carbocycles. The van der Waals surface area contributed by atoms with Crippen LogP contribution in [0.4, 0.5) is 0 Å². The Labute approximate surface area is 243 Å². The van der Waals surface area contributed by atoms with Crippen LogP contribution in [0.1, 0.15) is 0 Å². The molecule has 2 nitrogen and oxygen atoms in total. The maximum atomic E-state index is 11.7. The maximum Gasteiger partial charge on any atom is 0.124 e. The minimum absolute atomic E-state index is 0.130. The van der Waals surface area contributed by atoms with Crippen molar-refractivity contribution in [2.24, 2.45) is 0 Å². The van der Waals surface area contributed by atoms with Crippen LogP contribution in [0.25, 0.3) is 76.5 Å². The SMILES string of the molecule is Oc1ccc2cccc(-c3cccc4ccccc34)c2c1-c1c(O)ccc2cccc(-c3cccc4ccccc34)c12. The lowest BCUT2D eigenvalue weighted by atomic mass is 9.85. The van der Waals surface area contributed by atoms with E-state index in [4.69, 9.17) is 0 Å². The third kappa shape index (κ3) is 3.66. The molecule has 0 saturated heterocycles. The summed E-state index contributed by atoms with van der Waals surface area (Å²) in [5, 5.41) is 31.7. The van der Waals surface area contributed by atoms with Gasteiger partial charge in [0.15, 0.2) is 0 Å². The number of phenols is 2. The Morgan fingerprint density at radius 3 is 1.10 bits per heavy atom. The first-order valence-electron chi connectivity index (χ1n) is 14.1. The van der Waals surface area contributed by atoms with Gasteiger partial charge in [-0.25, -0.2) is 0 Å². The van der Waals surface area contributed by atoms with E-state index < -0.39 is 0 Å². The number of hydrogen-bond donors (Lipinski definition) is 2. The fraction of sp³-hybridized carbons (Fsp3) is 0. The van der Waals surface area contributed by atoms with Crippen molar-refractivity contribution in [2.45, 2.75) is 0 Å². The van der Waals surface area contributed by atoms with Gasteiger partial charge in [-0.1, -0.05) is 133 Å². The fourth-order valence-corrected chi connectivity index (χ4v) is 6.61. The van der Waals surface area contributed by atoms with Crippen LogP contribution in [0.3, 0.4) is 0 Å². The van der Waals surface area contributed by atoms with Crippen LogP contribution >= 0.6 is 0 Å². The molecule has 198 valence electrons. The Kier molecular flexibility index (Phi) is 5.48. The molecule has 8 aromatic rings. The van der Waals surface area contributed by atoms with Crippen molar-refractivity contribution in [2.75, 3.05) is 0 Å². The second-order valence-electron chi connectivity index (χ2n) is 10.8. The molecular weight excluding hydrogens is 512 g/mol. The molecular formula is C40H26O2. The van der Waals surface area contributed by atoms with E-state index in [1.807, 2.05) is 12.1 Å². The molecule has 0 atom stereocenters. The third-order valence-corrected chi connectivity index (χ3v) is 8.46. The first-order chi connectivity index (χ1) is 20.7. The van der Waals surface area contributed by atoms with E-state index in [2.05, 4.69) is 121 Å². The normalized spacial score (nSPS) is 11.5. The topological polar surface area (TPSA) is 40.5 Å². The second kappa shape index (κ2) is 9.50. The van der Waals surface area contributed by atoms with E-state index >= 15 is 0 Å². The van der Waals surface area contributed by atoms with Gasteiger partial charge < -0.3 is 10.2 Å². The summed E-state index contributed by atoms with van der Waals surface area (Å²) in [4.78, 5) is 0. The summed E-state index contributed by atoms with van der Waals surface area (Å²) in [5.41, 5.74) is 5.45. The second-order valence-corrected chi connectivity index (χ2v) is 10.8. The van der Waals surface area contributed by atoms with Gasteiger partial charge in [0.05, 0.1) is 0 Å². The van der Waals surface area contributed by atoms with Crippen molar-refractivity contribution < 1.29 is 10.2 Å². The van der Waals surface area contributed by atoms with Crippen LogP contribution in [0.15, 0.2) is 146 Å². The number of phenolic OH excluding ortho intramolecular Hbond substituents is 2. The van der Waals surface area contributed by atoms with E-state index in [0.717, 1.165) is 65.3 Å². The van der Waals surface area contributed by atoms with Crippen molar-refractivity contribution >= 4 is 43.1 Å². The van der Waals surface area contributed by atoms with Gasteiger partial charge >= 0.3 is 0 Å². The monoisotopic (exact) mass is 538 g/mol. The van der Waals surface area contributed by atoms with Gasteiger partial charge in [-0.15, -0.1) is 0 Å². The zero-order valence-electron chi connectivity index (χ0n) is 22.8. The molecule has 0 spiro atoms.